The molecule has 0 fully saturated rings. The maximum Gasteiger partial charge on any atom is 0.199 e. The van der Waals surface area contributed by atoms with Crippen LogP contribution in [0.3, 0.4) is 0 Å². The van der Waals surface area contributed by atoms with Gasteiger partial charge in [0.1, 0.15) is 0 Å². The minimum Gasteiger partial charge on any atom is -0.236 e. The Hall–Kier alpha value is -1.51. The molecular weight excluding hydrogens is 126 g/mol. The molecule has 0 spiro atoms. The summed E-state index contributed by atoms with van der Waals surface area (Å²) in [7, 11) is 0. The Morgan fingerprint density at radius 3 is 3.30 bits per heavy atom. The molecule has 0 aliphatic carbocycles. The van der Waals surface area contributed by atoms with E-state index in [1.807, 2.05) is 0 Å². The molecule has 2 heterocycles. The molecule has 0 aromatic carbocycles. The van der Waals surface area contributed by atoms with Crippen LogP contribution in [-0.4, -0.2) is 15.0 Å². The van der Waals surface area contributed by atoms with Gasteiger partial charge in [0.15, 0.2) is 12.0 Å². The molecule has 0 N–H and O–H groups in total. The van der Waals surface area contributed by atoms with Gasteiger partial charge in [-0.3, -0.25) is 0 Å². The standard InChI is InChI=1S/C7H3N3/c1-2-6-4-8-5-10-7(6)9-3-1/h2-4H. The second-order valence-corrected chi connectivity index (χ2v) is 1.82. The van der Waals surface area contributed by atoms with E-state index >= 15 is 0 Å². The molecule has 0 bridgehead atoms. The van der Waals surface area contributed by atoms with Gasteiger partial charge in [0, 0.05) is 23.8 Å². The van der Waals surface area contributed by atoms with Gasteiger partial charge in [0.05, 0.1) is 0 Å². The van der Waals surface area contributed by atoms with Crippen LogP contribution >= 0.6 is 0 Å². The summed E-state index contributed by atoms with van der Waals surface area (Å²) in [6.45, 7) is 0. The summed E-state index contributed by atoms with van der Waals surface area (Å²) in [6, 6.07) is 4.62. The fourth-order valence-electron chi connectivity index (χ4n) is 0.728. The molecule has 2 rings (SSSR count). The summed E-state index contributed by atoms with van der Waals surface area (Å²) in [4.78, 5) is 11.5. The van der Waals surface area contributed by atoms with Crippen LogP contribution in [0, 0.1) is 12.4 Å². The molecule has 0 saturated heterocycles. The molecule has 2 aromatic heterocycles. The number of rotatable bonds is 0. The van der Waals surface area contributed by atoms with Crippen molar-refractivity contribution in [3.05, 3.63) is 30.9 Å². The monoisotopic (exact) mass is 129 g/mol. The van der Waals surface area contributed by atoms with Crippen LogP contribution in [0.1, 0.15) is 0 Å². The van der Waals surface area contributed by atoms with E-state index in [0.29, 0.717) is 5.65 Å². The molecule has 0 aliphatic heterocycles. The third kappa shape index (κ3) is 0.719. The highest BCUT2D eigenvalue weighted by molar-refractivity contribution is 5.72. The number of nitrogens with zero attached hydrogens (tertiary/aromatic N) is 3. The van der Waals surface area contributed by atoms with E-state index in [-0.39, 0.29) is 0 Å². The first-order chi connectivity index (χ1) is 4.97. The Morgan fingerprint density at radius 1 is 1.40 bits per heavy atom. The van der Waals surface area contributed by atoms with Gasteiger partial charge in [-0.15, -0.1) is 0 Å². The van der Waals surface area contributed by atoms with E-state index in [9.17, 15) is 0 Å². The summed E-state index contributed by atoms with van der Waals surface area (Å²) in [6.07, 6.45) is 5.69. The fraction of sp³-hybridized carbons (Fsp3) is 0. The Morgan fingerprint density at radius 2 is 2.40 bits per heavy atom. The topological polar surface area (TPSA) is 38.7 Å². The SMILES string of the molecule is [c]1cnc2n[c]ncc2c1. The number of aromatic nitrogens is 3. The Labute approximate surface area is 57.8 Å². The second-order valence-electron chi connectivity index (χ2n) is 1.82. The molecule has 3 nitrogen and oxygen atoms in total. The van der Waals surface area contributed by atoms with Gasteiger partial charge in [-0.1, -0.05) is 0 Å². The number of hydrogen-bond donors (Lipinski definition) is 0. The van der Waals surface area contributed by atoms with Gasteiger partial charge >= 0.3 is 0 Å². The molecule has 0 unspecified atom stereocenters. The van der Waals surface area contributed by atoms with Crippen molar-refractivity contribution < 1.29 is 0 Å². The van der Waals surface area contributed by atoms with Crippen LogP contribution in [-0.2, 0) is 0 Å². The van der Waals surface area contributed by atoms with Crippen molar-refractivity contribution in [3.8, 4) is 0 Å². The van der Waals surface area contributed by atoms with Crippen molar-refractivity contribution in [1.29, 1.82) is 0 Å². The summed E-state index contributed by atoms with van der Waals surface area (Å²) in [5, 5.41) is 0.890. The van der Waals surface area contributed by atoms with Crippen molar-refractivity contribution in [2.24, 2.45) is 0 Å². The molecule has 10 heavy (non-hydrogen) atoms. The number of fused-ring (bicyclic) bond motifs is 1. The Balaban J connectivity index is 2.89. The quantitative estimate of drug-likeness (QED) is 0.523. The van der Waals surface area contributed by atoms with Gasteiger partial charge in [0.25, 0.3) is 0 Å². The lowest BCUT2D eigenvalue weighted by atomic mass is 10.3. The maximum atomic E-state index is 3.94. The first kappa shape index (κ1) is 5.29. The number of pyridine rings is 1. The van der Waals surface area contributed by atoms with Crippen LogP contribution in [0.25, 0.3) is 11.0 Å². The lowest BCUT2D eigenvalue weighted by Crippen LogP contribution is -1.83. The lowest BCUT2D eigenvalue weighted by molar-refractivity contribution is 1.16. The van der Waals surface area contributed by atoms with E-state index in [0.717, 1.165) is 5.39 Å². The van der Waals surface area contributed by atoms with E-state index < -0.39 is 0 Å². The van der Waals surface area contributed by atoms with Crippen molar-refractivity contribution in [1.82, 2.24) is 15.0 Å². The Bertz CT molecular complexity index is 280. The maximum absolute atomic E-state index is 3.94. The highest BCUT2D eigenvalue weighted by Gasteiger charge is 1.90. The van der Waals surface area contributed by atoms with E-state index in [1.54, 1.807) is 18.5 Å². The van der Waals surface area contributed by atoms with Gasteiger partial charge in [-0.2, -0.15) is 0 Å². The predicted molar refractivity (Wildman–Crippen MR) is 35.0 cm³/mol. The summed E-state index contributed by atoms with van der Waals surface area (Å²) < 4.78 is 0. The van der Waals surface area contributed by atoms with E-state index in [4.69, 9.17) is 0 Å². The lowest BCUT2D eigenvalue weighted by Gasteiger charge is -1.88. The van der Waals surface area contributed by atoms with Crippen LogP contribution < -0.4 is 0 Å². The average molecular weight is 129 g/mol. The third-order valence-corrected chi connectivity index (χ3v) is 1.18. The zero-order valence-electron chi connectivity index (χ0n) is 5.07. The van der Waals surface area contributed by atoms with Crippen molar-refractivity contribution >= 4 is 11.0 Å². The zero-order valence-corrected chi connectivity index (χ0v) is 5.07. The minimum absolute atomic E-state index is 0.661. The minimum atomic E-state index is 0.661. The van der Waals surface area contributed by atoms with Gasteiger partial charge in [-0.05, 0) is 6.07 Å². The summed E-state index contributed by atoms with van der Waals surface area (Å²) in [5.74, 6) is 0. The molecule has 0 atom stereocenters. The first-order valence-electron chi connectivity index (χ1n) is 2.82. The smallest absolute Gasteiger partial charge is 0.199 e. The van der Waals surface area contributed by atoms with Crippen LogP contribution in [0.4, 0.5) is 0 Å². The second kappa shape index (κ2) is 2.02. The van der Waals surface area contributed by atoms with Crippen molar-refractivity contribution in [3.63, 3.8) is 0 Å². The molecule has 0 saturated carbocycles. The zero-order chi connectivity index (χ0) is 6.81. The van der Waals surface area contributed by atoms with E-state index in [1.165, 1.54) is 0 Å². The molecule has 2 radical (unpaired) electrons. The van der Waals surface area contributed by atoms with Crippen molar-refractivity contribution in [2.45, 2.75) is 0 Å². The summed E-state index contributed by atoms with van der Waals surface area (Å²) >= 11 is 0. The fourth-order valence-corrected chi connectivity index (χ4v) is 0.728. The van der Waals surface area contributed by atoms with Gasteiger partial charge in [-0.25, -0.2) is 15.0 Å². The Kier molecular flexibility index (Phi) is 1.07. The van der Waals surface area contributed by atoms with Gasteiger partial charge in [0.2, 0.25) is 0 Å². The van der Waals surface area contributed by atoms with Gasteiger partial charge < -0.3 is 0 Å². The van der Waals surface area contributed by atoms with Crippen LogP contribution in [0.15, 0.2) is 18.5 Å². The predicted octanol–water partition coefficient (Wildman–Crippen LogP) is 0.625. The first-order valence-corrected chi connectivity index (χ1v) is 2.82. The average Bonchev–Trinajstić information content (AvgIpc) is 2.05. The molecule has 46 valence electrons. The van der Waals surface area contributed by atoms with E-state index in [2.05, 4.69) is 27.3 Å². The highest BCUT2D eigenvalue weighted by atomic mass is 14.9. The number of hydrogen-bond acceptors (Lipinski definition) is 3. The van der Waals surface area contributed by atoms with Crippen molar-refractivity contribution in [2.75, 3.05) is 0 Å². The molecule has 0 aliphatic rings. The molecule has 0 amide bonds. The highest BCUT2D eigenvalue weighted by Crippen LogP contribution is 2.01. The van der Waals surface area contributed by atoms with Crippen LogP contribution in [0.5, 0.6) is 0 Å². The largest absolute Gasteiger partial charge is 0.236 e. The molecular formula is C7H3N3. The van der Waals surface area contributed by atoms with Crippen LogP contribution in [0.2, 0.25) is 0 Å². The molecule has 2 aromatic rings. The molecule has 3 heteroatoms. The summed E-state index contributed by atoms with van der Waals surface area (Å²) in [5.41, 5.74) is 0.661. The normalized spacial score (nSPS) is 10.0. The third-order valence-electron chi connectivity index (χ3n) is 1.18.